The lowest BCUT2D eigenvalue weighted by Crippen LogP contribution is -2.66. The number of hydrogen-bond acceptors (Lipinski definition) is 13. The van der Waals surface area contributed by atoms with Crippen molar-refractivity contribution in [1.82, 2.24) is 0 Å². The summed E-state index contributed by atoms with van der Waals surface area (Å²) in [5.74, 6) is -0.886. The maximum absolute atomic E-state index is 11.2. The van der Waals surface area contributed by atoms with Gasteiger partial charge < -0.3 is 61.9 Å². The summed E-state index contributed by atoms with van der Waals surface area (Å²) >= 11 is 0. The molecule has 9 unspecified atom stereocenters. The molecular weight excluding hydrogens is 616 g/mol. The van der Waals surface area contributed by atoms with Gasteiger partial charge in [-0.1, -0.05) is 51.1 Å². The first-order valence-electron chi connectivity index (χ1n) is 17.1. The predicted molar refractivity (Wildman–Crippen MR) is 161 cm³/mol. The fourth-order valence-electron chi connectivity index (χ4n) is 7.47. The lowest BCUT2D eigenvalue weighted by atomic mass is 9.88. The van der Waals surface area contributed by atoms with Crippen molar-refractivity contribution in [3.8, 4) is 0 Å². The van der Waals surface area contributed by atoms with Gasteiger partial charge in [0, 0.05) is 17.8 Å². The summed E-state index contributed by atoms with van der Waals surface area (Å²) in [6.45, 7) is 12.9. The SMILES string of the molecule is CC1OCC2O[C@@H](O[C@@H]3C(C)[C@H](O[C@@H]4C(C)[C@H](OCc5ccccc5)OC5COC(C)O[C@@H]54)OC4COC(C)O[C@@H]43)C(C)[C@@H](O)[C@H]2O1. The summed E-state index contributed by atoms with van der Waals surface area (Å²) in [6.07, 6.45) is -7.65. The second kappa shape index (κ2) is 14.5. The first-order chi connectivity index (χ1) is 22.7. The summed E-state index contributed by atoms with van der Waals surface area (Å²) < 4.78 is 75.1. The standard InChI is InChI=1S/C34H50O13/c1-16-26(35)29-23(13-36-19(4)40-29)44-33(16)46-28-18(3)34(45-25-15-38-21(6)42-31(25)28)47-27-17(2)32(39-12-22-10-8-7-9-11-22)43-24-14-37-20(5)41-30(24)27/h7-11,16-21,23-35H,12-15H2,1-6H3/t16?,17?,18?,19?,20?,21?,23?,24?,25?,26-,27-,28-,29+,30+,31+,32-,33+,34+/m1/s1. The Morgan fingerprint density at radius 2 is 1.02 bits per heavy atom. The largest absolute Gasteiger partial charge is 0.390 e. The van der Waals surface area contributed by atoms with Gasteiger partial charge >= 0.3 is 0 Å². The molecule has 6 aliphatic rings. The van der Waals surface area contributed by atoms with Gasteiger partial charge in [0.25, 0.3) is 0 Å². The quantitative estimate of drug-likeness (QED) is 0.458. The van der Waals surface area contributed by atoms with Crippen LogP contribution in [-0.2, 0) is 63.4 Å². The van der Waals surface area contributed by atoms with E-state index >= 15 is 0 Å². The zero-order valence-electron chi connectivity index (χ0n) is 28.0. The predicted octanol–water partition coefficient (Wildman–Crippen LogP) is 2.70. The fraction of sp³-hybridized carbons (Fsp3) is 0.824. The Bertz CT molecular complexity index is 1160. The van der Waals surface area contributed by atoms with E-state index in [9.17, 15) is 5.11 Å². The molecule has 6 saturated heterocycles. The van der Waals surface area contributed by atoms with Gasteiger partial charge in [-0.05, 0) is 26.3 Å². The van der Waals surface area contributed by atoms with Crippen molar-refractivity contribution in [3.63, 3.8) is 0 Å². The number of fused-ring (bicyclic) bond motifs is 3. The smallest absolute Gasteiger partial charge is 0.163 e. The van der Waals surface area contributed by atoms with Gasteiger partial charge in [0.1, 0.15) is 36.6 Å². The molecule has 13 nitrogen and oxygen atoms in total. The van der Waals surface area contributed by atoms with E-state index in [1.165, 1.54) is 0 Å². The second-order valence-electron chi connectivity index (χ2n) is 13.7. The van der Waals surface area contributed by atoms with Crippen molar-refractivity contribution in [2.24, 2.45) is 17.8 Å². The summed E-state index contributed by atoms with van der Waals surface area (Å²) in [5, 5.41) is 11.2. The van der Waals surface area contributed by atoms with E-state index < -0.39 is 86.6 Å². The molecule has 1 N–H and O–H groups in total. The van der Waals surface area contributed by atoms with Gasteiger partial charge in [-0.3, -0.25) is 0 Å². The highest BCUT2D eigenvalue weighted by Crippen LogP contribution is 2.41. The number of benzene rings is 1. The molecular formula is C34H50O13. The van der Waals surface area contributed by atoms with Gasteiger partial charge in [-0.2, -0.15) is 0 Å². The molecule has 0 radical (unpaired) electrons. The first-order valence-corrected chi connectivity index (χ1v) is 17.1. The van der Waals surface area contributed by atoms with E-state index in [2.05, 4.69) is 0 Å². The molecule has 7 rings (SSSR count). The molecule has 18 atom stereocenters. The molecule has 0 bridgehead atoms. The van der Waals surface area contributed by atoms with E-state index in [0.29, 0.717) is 26.4 Å². The summed E-state index contributed by atoms with van der Waals surface area (Å²) in [7, 11) is 0. The minimum absolute atomic E-state index is 0.209. The molecule has 6 heterocycles. The van der Waals surface area contributed by atoms with Crippen LogP contribution in [0.15, 0.2) is 30.3 Å². The van der Waals surface area contributed by atoms with Crippen LogP contribution in [0.25, 0.3) is 0 Å². The van der Waals surface area contributed by atoms with E-state index in [4.69, 9.17) is 56.8 Å². The molecule has 6 fully saturated rings. The van der Waals surface area contributed by atoms with E-state index in [-0.39, 0.29) is 23.9 Å². The Hall–Kier alpha value is -1.30. The average Bonchev–Trinajstić information content (AvgIpc) is 3.06. The van der Waals surface area contributed by atoms with Crippen molar-refractivity contribution >= 4 is 0 Å². The zero-order chi connectivity index (χ0) is 32.8. The van der Waals surface area contributed by atoms with Crippen molar-refractivity contribution in [3.05, 3.63) is 35.9 Å². The Morgan fingerprint density at radius 3 is 1.57 bits per heavy atom. The fourth-order valence-corrected chi connectivity index (χ4v) is 7.47. The normalized spacial score (nSPS) is 50.2. The summed E-state index contributed by atoms with van der Waals surface area (Å²) in [6, 6.07) is 9.99. The molecule has 0 saturated carbocycles. The molecule has 13 heteroatoms. The van der Waals surface area contributed by atoms with Crippen molar-refractivity contribution < 1.29 is 61.9 Å². The third-order valence-electron chi connectivity index (χ3n) is 10.2. The Kier molecular flexibility index (Phi) is 10.5. The van der Waals surface area contributed by atoms with E-state index in [1.807, 2.05) is 71.9 Å². The molecule has 264 valence electrons. The van der Waals surface area contributed by atoms with Crippen LogP contribution in [0.1, 0.15) is 47.1 Å². The van der Waals surface area contributed by atoms with Gasteiger partial charge in [-0.15, -0.1) is 0 Å². The average molecular weight is 667 g/mol. The minimum Gasteiger partial charge on any atom is -0.390 e. The number of aliphatic hydroxyl groups excluding tert-OH is 1. The summed E-state index contributed by atoms with van der Waals surface area (Å²) in [4.78, 5) is 0. The lowest BCUT2D eigenvalue weighted by molar-refractivity contribution is -0.406. The molecule has 0 aliphatic carbocycles. The highest BCUT2D eigenvalue weighted by Gasteiger charge is 2.56. The van der Waals surface area contributed by atoms with Crippen LogP contribution in [0.2, 0.25) is 0 Å². The lowest BCUT2D eigenvalue weighted by Gasteiger charge is -2.53. The third kappa shape index (κ3) is 7.16. The van der Waals surface area contributed by atoms with E-state index in [0.717, 1.165) is 5.56 Å². The molecule has 1 aromatic rings. The van der Waals surface area contributed by atoms with Crippen LogP contribution in [0.5, 0.6) is 0 Å². The molecule has 0 aromatic heterocycles. The topological polar surface area (TPSA) is 131 Å². The van der Waals surface area contributed by atoms with Gasteiger partial charge in [0.2, 0.25) is 0 Å². The van der Waals surface area contributed by atoms with Gasteiger partial charge in [0.05, 0.1) is 44.7 Å². The Balaban J connectivity index is 1.10. The summed E-state index contributed by atoms with van der Waals surface area (Å²) in [5.41, 5.74) is 1.05. The highest BCUT2D eigenvalue weighted by atomic mass is 16.8. The Morgan fingerprint density at radius 1 is 0.574 bits per heavy atom. The first kappa shape index (κ1) is 34.2. The maximum atomic E-state index is 11.2. The van der Waals surface area contributed by atoms with Crippen LogP contribution >= 0.6 is 0 Å². The van der Waals surface area contributed by atoms with Crippen LogP contribution < -0.4 is 0 Å². The van der Waals surface area contributed by atoms with Gasteiger partial charge in [-0.25, -0.2) is 0 Å². The molecule has 0 spiro atoms. The molecule has 47 heavy (non-hydrogen) atoms. The maximum Gasteiger partial charge on any atom is 0.163 e. The number of hydrogen-bond donors (Lipinski definition) is 1. The molecule has 0 amide bonds. The second-order valence-corrected chi connectivity index (χ2v) is 13.7. The molecule has 6 aliphatic heterocycles. The van der Waals surface area contributed by atoms with Crippen LogP contribution in [0.4, 0.5) is 0 Å². The number of aliphatic hydroxyl groups is 1. The van der Waals surface area contributed by atoms with Crippen LogP contribution in [-0.4, -0.2) is 118 Å². The van der Waals surface area contributed by atoms with Crippen molar-refractivity contribution in [2.45, 2.75) is 141 Å². The van der Waals surface area contributed by atoms with Crippen LogP contribution in [0.3, 0.4) is 0 Å². The monoisotopic (exact) mass is 666 g/mol. The highest BCUT2D eigenvalue weighted by molar-refractivity contribution is 5.13. The Labute approximate surface area is 276 Å². The van der Waals surface area contributed by atoms with Gasteiger partial charge in [0.15, 0.2) is 37.7 Å². The van der Waals surface area contributed by atoms with E-state index in [1.54, 1.807) is 0 Å². The zero-order valence-corrected chi connectivity index (χ0v) is 28.0. The van der Waals surface area contributed by atoms with Crippen molar-refractivity contribution in [2.75, 3.05) is 19.8 Å². The minimum atomic E-state index is -0.793. The third-order valence-corrected chi connectivity index (χ3v) is 10.2. The number of ether oxygens (including phenoxy) is 12. The van der Waals surface area contributed by atoms with Crippen molar-refractivity contribution in [1.29, 1.82) is 0 Å². The van der Waals surface area contributed by atoms with Crippen LogP contribution in [0, 0.1) is 17.8 Å². The molecule has 1 aromatic carbocycles. The number of rotatable bonds is 7.